The van der Waals surface area contributed by atoms with Gasteiger partial charge in [0.05, 0.1) is 22.4 Å². The molecule has 0 N–H and O–H groups in total. The molecule has 0 saturated carbocycles. The molecule has 0 unspecified atom stereocenters. The highest BCUT2D eigenvalue weighted by Crippen LogP contribution is 2.46. The van der Waals surface area contributed by atoms with E-state index in [-0.39, 0.29) is 0 Å². The Balaban J connectivity index is 1.03. The summed E-state index contributed by atoms with van der Waals surface area (Å²) < 4.78 is 8.94. The Hall–Kier alpha value is -7.36. The largest absolute Gasteiger partial charge is 0.455 e. The standard InChI is InChI=1S/C52H34N2O/c1-2-15-40-37(13-1)14-11-25-47(40)53(50-24-9-5-18-43(50)45-20-12-21-46-44-19-6-10-26-51(44)55-52(45)46)38-31-27-35(28-32-38)36-29-33-39(34-30-36)54-48-22-7-3-16-41(48)42-17-4-8-23-49(42)54/h1-34H. The van der Waals surface area contributed by atoms with Crippen LogP contribution >= 0.6 is 0 Å². The van der Waals surface area contributed by atoms with Crippen molar-refractivity contribution in [3.63, 3.8) is 0 Å². The molecule has 11 rings (SSSR count). The number of hydrogen-bond acceptors (Lipinski definition) is 2. The van der Waals surface area contributed by atoms with Crippen LogP contribution in [0.15, 0.2) is 211 Å². The van der Waals surface area contributed by atoms with Gasteiger partial charge in [0.1, 0.15) is 11.2 Å². The summed E-state index contributed by atoms with van der Waals surface area (Å²) in [5, 5.41) is 7.16. The Kier molecular flexibility index (Phi) is 7.17. The van der Waals surface area contributed by atoms with E-state index in [1.807, 2.05) is 12.1 Å². The molecule has 0 fully saturated rings. The maximum Gasteiger partial charge on any atom is 0.143 e. The molecule has 3 nitrogen and oxygen atoms in total. The first-order valence-corrected chi connectivity index (χ1v) is 18.8. The highest BCUT2D eigenvalue weighted by Gasteiger charge is 2.21. The zero-order valence-corrected chi connectivity index (χ0v) is 29.9. The molecule has 0 aliphatic rings. The minimum Gasteiger partial charge on any atom is -0.455 e. The third-order valence-corrected chi connectivity index (χ3v) is 11.0. The molecule has 0 bridgehead atoms. The van der Waals surface area contributed by atoms with Gasteiger partial charge in [0.2, 0.25) is 0 Å². The van der Waals surface area contributed by atoms with Crippen LogP contribution < -0.4 is 4.90 Å². The van der Waals surface area contributed by atoms with E-state index >= 15 is 0 Å². The van der Waals surface area contributed by atoms with E-state index in [9.17, 15) is 0 Å². The highest BCUT2D eigenvalue weighted by molar-refractivity contribution is 6.12. The van der Waals surface area contributed by atoms with Gasteiger partial charge in [-0.25, -0.2) is 0 Å². The van der Waals surface area contributed by atoms with Gasteiger partial charge in [-0.15, -0.1) is 0 Å². The first-order chi connectivity index (χ1) is 27.3. The van der Waals surface area contributed by atoms with E-state index < -0.39 is 0 Å². The summed E-state index contributed by atoms with van der Waals surface area (Å²) in [6.07, 6.45) is 0. The number of furan rings is 1. The van der Waals surface area contributed by atoms with Gasteiger partial charge in [0, 0.05) is 49.4 Å². The molecule has 0 spiro atoms. The van der Waals surface area contributed by atoms with Crippen molar-refractivity contribution in [3.8, 4) is 27.9 Å². The van der Waals surface area contributed by atoms with Gasteiger partial charge in [-0.3, -0.25) is 0 Å². The van der Waals surface area contributed by atoms with Gasteiger partial charge < -0.3 is 13.9 Å². The summed E-state index contributed by atoms with van der Waals surface area (Å²) in [5.74, 6) is 0. The van der Waals surface area contributed by atoms with Crippen LogP contribution in [0.1, 0.15) is 0 Å². The lowest BCUT2D eigenvalue weighted by molar-refractivity contribution is 0.670. The van der Waals surface area contributed by atoms with Gasteiger partial charge >= 0.3 is 0 Å². The van der Waals surface area contributed by atoms with Crippen LogP contribution in [0, 0.1) is 0 Å². The first kappa shape index (κ1) is 31.2. The molecule has 0 atom stereocenters. The third kappa shape index (κ3) is 5.05. The summed E-state index contributed by atoms with van der Waals surface area (Å²) in [6, 6.07) is 73.9. The second-order valence-corrected chi connectivity index (χ2v) is 14.1. The molecule has 0 saturated heterocycles. The predicted molar refractivity (Wildman–Crippen MR) is 231 cm³/mol. The Morgan fingerprint density at radius 3 is 1.65 bits per heavy atom. The van der Waals surface area contributed by atoms with E-state index in [0.29, 0.717) is 0 Å². The van der Waals surface area contributed by atoms with Crippen molar-refractivity contribution in [2.24, 2.45) is 0 Å². The molecule has 0 aliphatic heterocycles. The second-order valence-electron chi connectivity index (χ2n) is 14.1. The number of aromatic nitrogens is 1. The molecule has 0 radical (unpaired) electrons. The Morgan fingerprint density at radius 1 is 0.364 bits per heavy atom. The monoisotopic (exact) mass is 702 g/mol. The lowest BCUT2D eigenvalue weighted by Gasteiger charge is -2.29. The van der Waals surface area contributed by atoms with Crippen LogP contribution in [-0.2, 0) is 0 Å². The minimum atomic E-state index is 0.895. The lowest BCUT2D eigenvalue weighted by Crippen LogP contribution is -2.11. The maximum atomic E-state index is 6.57. The molecule has 2 aromatic heterocycles. The highest BCUT2D eigenvalue weighted by atomic mass is 16.3. The van der Waals surface area contributed by atoms with Crippen molar-refractivity contribution >= 4 is 71.6 Å². The smallest absolute Gasteiger partial charge is 0.143 e. The summed E-state index contributed by atoms with van der Waals surface area (Å²) in [7, 11) is 0. The van der Waals surface area contributed by atoms with Gasteiger partial charge in [0.25, 0.3) is 0 Å². The fourth-order valence-electron chi connectivity index (χ4n) is 8.47. The zero-order chi connectivity index (χ0) is 36.3. The van der Waals surface area contributed by atoms with Crippen molar-refractivity contribution in [1.29, 1.82) is 0 Å². The molecule has 2 heterocycles. The van der Waals surface area contributed by atoms with Crippen molar-refractivity contribution < 1.29 is 4.42 Å². The Labute approximate surface area is 318 Å². The maximum absolute atomic E-state index is 6.57. The van der Waals surface area contributed by atoms with Crippen molar-refractivity contribution in [1.82, 2.24) is 4.57 Å². The summed E-state index contributed by atoms with van der Waals surface area (Å²) >= 11 is 0. The van der Waals surface area contributed by atoms with Crippen LogP contribution in [0.4, 0.5) is 17.1 Å². The number of nitrogens with zero attached hydrogens (tertiary/aromatic N) is 2. The lowest BCUT2D eigenvalue weighted by atomic mass is 9.98. The molecule has 0 amide bonds. The molecule has 0 aliphatic carbocycles. The third-order valence-electron chi connectivity index (χ3n) is 11.0. The molecule has 3 heteroatoms. The molecule has 55 heavy (non-hydrogen) atoms. The predicted octanol–water partition coefficient (Wildman–Crippen LogP) is 14.6. The molecule has 258 valence electrons. The van der Waals surface area contributed by atoms with Crippen LogP contribution in [-0.4, -0.2) is 4.57 Å². The topological polar surface area (TPSA) is 21.3 Å². The average Bonchev–Trinajstić information content (AvgIpc) is 3.81. The minimum absolute atomic E-state index is 0.895. The van der Waals surface area contributed by atoms with Gasteiger partial charge in [0.15, 0.2) is 0 Å². The summed E-state index contributed by atoms with van der Waals surface area (Å²) in [4.78, 5) is 2.40. The molecule has 11 aromatic rings. The molecule has 9 aromatic carbocycles. The van der Waals surface area contributed by atoms with E-state index in [1.54, 1.807) is 0 Å². The number of anilines is 3. The quantitative estimate of drug-likeness (QED) is 0.172. The number of para-hydroxylation sites is 5. The number of fused-ring (bicyclic) bond motifs is 7. The van der Waals surface area contributed by atoms with E-state index in [0.717, 1.165) is 61.4 Å². The van der Waals surface area contributed by atoms with E-state index in [2.05, 4.69) is 204 Å². The van der Waals surface area contributed by atoms with Crippen molar-refractivity contribution in [2.75, 3.05) is 4.90 Å². The van der Waals surface area contributed by atoms with E-state index in [1.165, 1.54) is 38.1 Å². The fourth-order valence-corrected chi connectivity index (χ4v) is 8.47. The van der Waals surface area contributed by atoms with Gasteiger partial charge in [-0.2, -0.15) is 0 Å². The molecular weight excluding hydrogens is 669 g/mol. The van der Waals surface area contributed by atoms with Gasteiger partial charge in [-0.1, -0.05) is 152 Å². The number of benzene rings is 9. The summed E-state index contributed by atoms with van der Waals surface area (Å²) in [5.41, 5.74) is 13.1. The van der Waals surface area contributed by atoms with Crippen molar-refractivity contribution in [3.05, 3.63) is 206 Å². The Bertz CT molecular complexity index is 3150. The Morgan fingerprint density at radius 2 is 0.891 bits per heavy atom. The van der Waals surface area contributed by atoms with Gasteiger partial charge in [-0.05, 0) is 71.1 Å². The van der Waals surface area contributed by atoms with Crippen LogP contribution in [0.2, 0.25) is 0 Å². The first-order valence-electron chi connectivity index (χ1n) is 18.8. The SMILES string of the molecule is c1ccc(N(c2ccc(-c3ccc(-n4c5ccccc5c5ccccc54)cc3)cc2)c2cccc3ccccc23)c(-c2cccc3c2oc2ccccc23)c1. The number of rotatable bonds is 6. The average molecular weight is 703 g/mol. The second kappa shape index (κ2) is 12.6. The summed E-state index contributed by atoms with van der Waals surface area (Å²) in [6.45, 7) is 0. The van der Waals surface area contributed by atoms with E-state index in [4.69, 9.17) is 4.42 Å². The van der Waals surface area contributed by atoms with Crippen LogP contribution in [0.3, 0.4) is 0 Å². The fraction of sp³-hybridized carbons (Fsp3) is 0. The zero-order valence-electron chi connectivity index (χ0n) is 29.9. The normalized spacial score (nSPS) is 11.6. The molecular formula is C52H34N2O. The van der Waals surface area contributed by atoms with Crippen molar-refractivity contribution in [2.45, 2.75) is 0 Å². The van der Waals surface area contributed by atoms with Crippen LogP contribution in [0.25, 0.3) is 82.5 Å². The number of hydrogen-bond donors (Lipinski definition) is 0. The van der Waals surface area contributed by atoms with Crippen LogP contribution in [0.5, 0.6) is 0 Å².